The maximum Gasteiger partial charge on any atom is 0.419 e. The van der Waals surface area contributed by atoms with Gasteiger partial charge in [-0.15, -0.1) is 0 Å². The minimum Gasteiger partial charge on any atom is -0.383 e. The highest BCUT2D eigenvalue weighted by Gasteiger charge is 2.34. The van der Waals surface area contributed by atoms with Gasteiger partial charge in [-0.2, -0.15) is 18.3 Å². The summed E-state index contributed by atoms with van der Waals surface area (Å²) in [5, 5.41) is 7.10. The number of aromatic nitrogens is 4. The van der Waals surface area contributed by atoms with Gasteiger partial charge in [0.25, 0.3) is 0 Å². The molecule has 3 rings (SSSR count). The van der Waals surface area contributed by atoms with Crippen molar-refractivity contribution in [3.05, 3.63) is 36.2 Å². The summed E-state index contributed by atoms with van der Waals surface area (Å²) in [5.74, 6) is 0.0495. The molecular weight excluding hydrogens is 297 g/mol. The third-order valence-electron chi connectivity index (χ3n) is 3.10. The van der Waals surface area contributed by atoms with Gasteiger partial charge in [-0.1, -0.05) is 0 Å². The van der Waals surface area contributed by atoms with Crippen molar-refractivity contribution in [1.82, 2.24) is 19.6 Å². The second kappa shape index (κ2) is 4.86. The van der Waals surface area contributed by atoms with Crippen LogP contribution in [0.2, 0.25) is 0 Å². The van der Waals surface area contributed by atoms with E-state index in [4.69, 9.17) is 5.73 Å². The van der Waals surface area contributed by atoms with Crippen LogP contribution in [0.25, 0.3) is 16.9 Å². The molecule has 0 bridgehead atoms. The number of imidazole rings is 1. The number of nitrogens with one attached hydrogen (secondary N) is 1. The van der Waals surface area contributed by atoms with E-state index in [0.29, 0.717) is 17.2 Å². The van der Waals surface area contributed by atoms with E-state index in [1.807, 2.05) is 0 Å². The molecule has 3 heterocycles. The highest BCUT2D eigenvalue weighted by atomic mass is 19.4. The first-order chi connectivity index (χ1) is 10.4. The normalized spacial score (nSPS) is 11.8. The van der Waals surface area contributed by atoms with Gasteiger partial charge in [0.15, 0.2) is 5.65 Å². The summed E-state index contributed by atoms with van der Waals surface area (Å²) in [4.78, 5) is 7.81. The maximum atomic E-state index is 12.9. The van der Waals surface area contributed by atoms with Gasteiger partial charge in [-0.05, 0) is 18.2 Å². The number of nitrogens with zero attached hydrogens (tertiary/aromatic N) is 4. The van der Waals surface area contributed by atoms with E-state index >= 15 is 0 Å². The second-order valence-corrected chi connectivity index (χ2v) is 4.55. The van der Waals surface area contributed by atoms with Crippen LogP contribution >= 0.6 is 0 Å². The van der Waals surface area contributed by atoms with Crippen LogP contribution in [0.5, 0.6) is 0 Å². The Hall–Kier alpha value is -2.84. The number of halogens is 3. The number of pyridine rings is 1. The average molecular weight is 308 g/mol. The predicted molar refractivity (Wildman–Crippen MR) is 75.2 cm³/mol. The smallest absolute Gasteiger partial charge is 0.383 e. The number of nitrogen functional groups attached to an aromatic ring is 1. The van der Waals surface area contributed by atoms with Gasteiger partial charge in [-0.25, -0.2) is 14.5 Å². The largest absolute Gasteiger partial charge is 0.419 e. The Balaban J connectivity index is 2.11. The molecule has 0 spiro atoms. The molecule has 0 fully saturated rings. The van der Waals surface area contributed by atoms with E-state index in [9.17, 15) is 13.2 Å². The Morgan fingerprint density at radius 3 is 2.73 bits per heavy atom. The molecule has 0 aliphatic carbocycles. The molecule has 0 aliphatic heterocycles. The second-order valence-electron chi connectivity index (χ2n) is 4.55. The number of fused-ring (bicyclic) bond motifs is 1. The lowest BCUT2D eigenvalue weighted by Gasteiger charge is -2.10. The molecule has 0 saturated carbocycles. The van der Waals surface area contributed by atoms with Crippen molar-refractivity contribution < 1.29 is 13.2 Å². The van der Waals surface area contributed by atoms with Gasteiger partial charge in [0.1, 0.15) is 11.6 Å². The van der Waals surface area contributed by atoms with Crippen molar-refractivity contribution in [3.63, 3.8) is 0 Å². The quantitative estimate of drug-likeness (QED) is 0.760. The molecule has 0 unspecified atom stereocenters. The molecule has 0 saturated heterocycles. The summed E-state index contributed by atoms with van der Waals surface area (Å²) in [6.07, 6.45) is -1.67. The van der Waals surface area contributed by atoms with Crippen LogP contribution in [0, 0.1) is 0 Å². The van der Waals surface area contributed by atoms with Gasteiger partial charge in [-0.3, -0.25) is 0 Å². The standard InChI is InChI=1S/C13H11F3N6/c1-18-10-6-22-11(20-10)3-2-9(21-22)7-4-8(13(14,15)16)12(17)19-5-7/h2-6,18H,1H3,(H2,17,19). The van der Waals surface area contributed by atoms with Crippen LogP contribution < -0.4 is 11.1 Å². The lowest BCUT2D eigenvalue weighted by atomic mass is 10.1. The van der Waals surface area contributed by atoms with Crippen LogP contribution in [0.15, 0.2) is 30.6 Å². The Morgan fingerprint density at radius 1 is 1.27 bits per heavy atom. The molecule has 3 N–H and O–H groups in total. The zero-order valence-corrected chi connectivity index (χ0v) is 11.4. The molecule has 3 aromatic rings. The zero-order chi connectivity index (χ0) is 15.9. The summed E-state index contributed by atoms with van der Waals surface area (Å²) in [5.41, 5.74) is 5.45. The fourth-order valence-electron chi connectivity index (χ4n) is 2.00. The molecule has 22 heavy (non-hydrogen) atoms. The first-order valence-electron chi connectivity index (χ1n) is 6.26. The van der Waals surface area contributed by atoms with E-state index in [-0.39, 0.29) is 5.56 Å². The van der Waals surface area contributed by atoms with Crippen molar-refractivity contribution in [3.8, 4) is 11.3 Å². The van der Waals surface area contributed by atoms with Crippen LogP contribution in [-0.2, 0) is 6.18 Å². The first-order valence-corrected chi connectivity index (χ1v) is 6.26. The van der Waals surface area contributed by atoms with Gasteiger partial charge in [0.05, 0.1) is 17.5 Å². The minimum atomic E-state index is -4.56. The number of rotatable bonds is 2. The molecule has 3 aromatic heterocycles. The summed E-state index contributed by atoms with van der Waals surface area (Å²) >= 11 is 0. The van der Waals surface area contributed by atoms with Crippen molar-refractivity contribution >= 4 is 17.3 Å². The minimum absolute atomic E-state index is 0.225. The van der Waals surface area contributed by atoms with E-state index < -0.39 is 17.6 Å². The maximum absolute atomic E-state index is 12.9. The summed E-state index contributed by atoms with van der Waals surface area (Å²) < 4.78 is 40.1. The lowest BCUT2D eigenvalue weighted by molar-refractivity contribution is -0.137. The highest BCUT2D eigenvalue weighted by Crippen LogP contribution is 2.34. The Labute approximate surface area is 122 Å². The summed E-state index contributed by atoms with van der Waals surface area (Å²) in [6, 6.07) is 4.17. The molecule has 0 amide bonds. The van der Waals surface area contributed by atoms with Crippen LogP contribution in [0.4, 0.5) is 24.8 Å². The van der Waals surface area contributed by atoms with Gasteiger partial charge < -0.3 is 11.1 Å². The predicted octanol–water partition coefficient (Wildman–Crippen LogP) is 2.43. The topological polar surface area (TPSA) is 81.1 Å². The van der Waals surface area contributed by atoms with E-state index in [2.05, 4.69) is 20.4 Å². The summed E-state index contributed by atoms with van der Waals surface area (Å²) in [7, 11) is 1.71. The fraction of sp³-hybridized carbons (Fsp3) is 0.154. The Morgan fingerprint density at radius 2 is 2.05 bits per heavy atom. The third-order valence-corrected chi connectivity index (χ3v) is 3.10. The van der Waals surface area contributed by atoms with Crippen LogP contribution in [0.3, 0.4) is 0 Å². The number of anilines is 2. The SMILES string of the molecule is CNc1cn2nc(-c3cnc(N)c(C(F)(F)F)c3)ccc2n1. The lowest BCUT2D eigenvalue weighted by Crippen LogP contribution is -2.10. The van der Waals surface area contributed by atoms with Crippen LogP contribution in [0.1, 0.15) is 5.56 Å². The van der Waals surface area contributed by atoms with Crippen molar-refractivity contribution in [2.24, 2.45) is 0 Å². The highest BCUT2D eigenvalue weighted by molar-refractivity contribution is 5.63. The Kier molecular flexibility index (Phi) is 3.12. The molecule has 0 aliphatic rings. The molecule has 0 radical (unpaired) electrons. The van der Waals surface area contributed by atoms with Crippen molar-refractivity contribution in [2.45, 2.75) is 6.18 Å². The van der Waals surface area contributed by atoms with Gasteiger partial charge >= 0.3 is 6.18 Å². The molecular formula is C13H11F3N6. The van der Waals surface area contributed by atoms with E-state index in [1.165, 1.54) is 10.7 Å². The van der Waals surface area contributed by atoms with Gasteiger partial charge in [0.2, 0.25) is 0 Å². The number of alkyl halides is 3. The third kappa shape index (κ3) is 2.41. The Bertz CT molecular complexity index is 839. The molecule has 0 atom stereocenters. The summed E-state index contributed by atoms with van der Waals surface area (Å²) in [6.45, 7) is 0. The number of hydrogen-bond acceptors (Lipinski definition) is 5. The monoisotopic (exact) mass is 308 g/mol. The first kappa shape index (κ1) is 14.1. The molecule has 9 heteroatoms. The number of hydrogen-bond donors (Lipinski definition) is 2. The molecule has 6 nitrogen and oxygen atoms in total. The zero-order valence-electron chi connectivity index (χ0n) is 11.4. The van der Waals surface area contributed by atoms with Crippen molar-refractivity contribution in [2.75, 3.05) is 18.1 Å². The fourth-order valence-corrected chi connectivity index (χ4v) is 2.00. The van der Waals surface area contributed by atoms with E-state index in [0.717, 1.165) is 6.07 Å². The van der Waals surface area contributed by atoms with Crippen molar-refractivity contribution in [1.29, 1.82) is 0 Å². The van der Waals surface area contributed by atoms with Crippen LogP contribution in [-0.4, -0.2) is 26.6 Å². The number of nitrogens with two attached hydrogens (primary N) is 1. The molecule has 0 aromatic carbocycles. The molecule has 114 valence electrons. The average Bonchev–Trinajstić information content (AvgIpc) is 2.88. The van der Waals surface area contributed by atoms with Gasteiger partial charge in [0, 0.05) is 18.8 Å². The van der Waals surface area contributed by atoms with E-state index in [1.54, 1.807) is 25.4 Å².